The van der Waals surface area contributed by atoms with Crippen molar-refractivity contribution in [2.75, 3.05) is 0 Å². The van der Waals surface area contributed by atoms with Crippen LogP contribution in [-0.4, -0.2) is 20.9 Å². The van der Waals surface area contributed by atoms with E-state index < -0.39 is 5.60 Å². The Balaban J connectivity index is 1.43. The van der Waals surface area contributed by atoms with Crippen LogP contribution < -0.4 is 5.32 Å². The molecule has 4 atom stereocenters. The summed E-state index contributed by atoms with van der Waals surface area (Å²) in [5.74, 6) is 0.451. The van der Waals surface area contributed by atoms with E-state index in [1.54, 1.807) is 0 Å². The summed E-state index contributed by atoms with van der Waals surface area (Å²) in [4.78, 5) is 0. The number of aliphatic hydroxyl groups is 1. The molecule has 2 heterocycles. The van der Waals surface area contributed by atoms with Gasteiger partial charge in [-0.15, -0.1) is 0 Å². The molecule has 1 aromatic carbocycles. The fourth-order valence-electron chi connectivity index (χ4n) is 5.56. The molecular formula is C26H31N3O. The zero-order valence-electron chi connectivity index (χ0n) is 18.1. The Hall–Kier alpha value is -2.59. The summed E-state index contributed by atoms with van der Waals surface area (Å²) in [7, 11) is 0. The van der Waals surface area contributed by atoms with Gasteiger partial charge in [0.05, 0.1) is 23.2 Å². The molecule has 1 fully saturated rings. The Kier molecular flexibility index (Phi) is 4.51. The molecule has 0 spiro atoms. The summed E-state index contributed by atoms with van der Waals surface area (Å²) in [6.07, 6.45) is 14.8. The van der Waals surface area contributed by atoms with Gasteiger partial charge in [-0.1, -0.05) is 48.9 Å². The van der Waals surface area contributed by atoms with Gasteiger partial charge in [0.1, 0.15) is 0 Å². The Morgan fingerprint density at radius 2 is 2.10 bits per heavy atom. The molecule has 3 aliphatic rings. The summed E-state index contributed by atoms with van der Waals surface area (Å²) < 4.78 is 2.06. The molecule has 4 heteroatoms. The van der Waals surface area contributed by atoms with E-state index >= 15 is 0 Å². The number of allylic oxidation sites excluding steroid dienone is 3. The molecule has 1 aliphatic heterocycles. The van der Waals surface area contributed by atoms with E-state index in [2.05, 4.69) is 48.3 Å². The standard InChI is InChI=1S/C26H31N3O/c1-18-9-12-23(17-27-18)29-24-13-21-10-11-22(25(21,2)14-19(24)16-28-29)15-26(3,30)20-7-5-4-6-8-20/h4-9,12-13,16-18,22,27,30H,10-11,14-15H2,1-3H3/t18?,22-,25?,26?/m1/s1. The number of rotatable bonds is 4. The number of nitrogens with zero attached hydrogens (tertiary/aromatic N) is 2. The topological polar surface area (TPSA) is 50.1 Å². The largest absolute Gasteiger partial charge is 0.385 e. The summed E-state index contributed by atoms with van der Waals surface area (Å²) in [5.41, 5.74) is 5.39. The third-order valence-corrected chi connectivity index (χ3v) is 7.49. The van der Waals surface area contributed by atoms with Crippen molar-refractivity contribution >= 4 is 11.8 Å². The summed E-state index contributed by atoms with van der Waals surface area (Å²) in [6.45, 7) is 6.50. The van der Waals surface area contributed by atoms with Crippen molar-refractivity contribution in [2.45, 2.75) is 58.1 Å². The second-order valence-corrected chi connectivity index (χ2v) is 9.69. The summed E-state index contributed by atoms with van der Waals surface area (Å²) in [5, 5.41) is 19.4. The van der Waals surface area contributed by atoms with Crippen molar-refractivity contribution in [3.63, 3.8) is 0 Å². The highest BCUT2D eigenvalue weighted by atomic mass is 16.3. The number of hydrogen-bond acceptors (Lipinski definition) is 3. The molecule has 2 aliphatic carbocycles. The SMILES string of the molecule is CC1C=CC(n2ncc3c2C=C2CC[C@H](CC(C)(O)c4ccccc4)C2(C)C3)=CN1. The number of nitrogens with one attached hydrogen (secondary N) is 1. The van der Waals surface area contributed by atoms with Crippen molar-refractivity contribution in [3.8, 4) is 0 Å². The monoisotopic (exact) mass is 401 g/mol. The van der Waals surface area contributed by atoms with Crippen LogP contribution in [0, 0.1) is 11.3 Å². The predicted molar refractivity (Wildman–Crippen MR) is 121 cm³/mol. The van der Waals surface area contributed by atoms with Gasteiger partial charge in [-0.2, -0.15) is 5.10 Å². The molecule has 2 N–H and O–H groups in total. The maximum atomic E-state index is 11.3. The van der Waals surface area contributed by atoms with Crippen LogP contribution in [0.3, 0.4) is 0 Å². The first kappa shape index (κ1) is 19.4. The molecule has 30 heavy (non-hydrogen) atoms. The molecule has 1 aromatic heterocycles. The number of benzene rings is 1. The average Bonchev–Trinajstić information content (AvgIpc) is 3.27. The van der Waals surface area contributed by atoms with E-state index in [9.17, 15) is 5.11 Å². The van der Waals surface area contributed by atoms with Crippen LogP contribution in [0.1, 0.15) is 56.9 Å². The maximum Gasteiger partial charge on any atom is 0.0871 e. The number of aromatic nitrogens is 2. The lowest BCUT2D eigenvalue weighted by molar-refractivity contribution is 0.0141. The number of hydrogen-bond donors (Lipinski definition) is 2. The Morgan fingerprint density at radius 1 is 1.30 bits per heavy atom. The zero-order valence-corrected chi connectivity index (χ0v) is 18.1. The smallest absolute Gasteiger partial charge is 0.0871 e. The normalized spacial score (nSPS) is 29.3. The molecule has 4 nitrogen and oxygen atoms in total. The summed E-state index contributed by atoms with van der Waals surface area (Å²) in [6, 6.07) is 10.5. The first-order chi connectivity index (χ1) is 14.4. The lowest BCUT2D eigenvalue weighted by atomic mass is 9.66. The van der Waals surface area contributed by atoms with Crippen molar-refractivity contribution < 1.29 is 5.11 Å². The number of fused-ring (bicyclic) bond motifs is 2. The van der Waals surface area contributed by atoms with E-state index in [0.717, 1.165) is 36.9 Å². The van der Waals surface area contributed by atoms with E-state index in [4.69, 9.17) is 5.10 Å². The lowest BCUT2D eigenvalue weighted by Gasteiger charge is -2.39. The van der Waals surface area contributed by atoms with E-state index in [1.807, 2.05) is 43.5 Å². The highest BCUT2D eigenvalue weighted by Crippen LogP contribution is 2.56. The number of dihydropyridines is 1. The highest BCUT2D eigenvalue weighted by Gasteiger charge is 2.47. The van der Waals surface area contributed by atoms with Crippen LogP contribution in [0.5, 0.6) is 0 Å². The van der Waals surface area contributed by atoms with Crippen molar-refractivity contribution in [1.29, 1.82) is 0 Å². The van der Waals surface area contributed by atoms with Gasteiger partial charge in [-0.05, 0) is 74.1 Å². The quantitative estimate of drug-likeness (QED) is 0.767. The van der Waals surface area contributed by atoms with Gasteiger partial charge in [0, 0.05) is 12.2 Å². The minimum Gasteiger partial charge on any atom is -0.385 e. The Morgan fingerprint density at radius 3 is 2.83 bits per heavy atom. The van der Waals surface area contributed by atoms with Crippen molar-refractivity contribution in [1.82, 2.24) is 15.1 Å². The molecule has 0 saturated heterocycles. The molecule has 0 amide bonds. The van der Waals surface area contributed by atoms with Crippen LogP contribution in [0.4, 0.5) is 0 Å². The Bertz CT molecular complexity index is 1040. The van der Waals surface area contributed by atoms with Gasteiger partial charge >= 0.3 is 0 Å². The average molecular weight is 402 g/mol. The van der Waals surface area contributed by atoms with Crippen LogP contribution >= 0.6 is 0 Å². The molecule has 5 rings (SSSR count). The second-order valence-electron chi connectivity index (χ2n) is 9.69. The first-order valence-electron chi connectivity index (χ1n) is 11.1. The molecule has 1 saturated carbocycles. The molecule has 156 valence electrons. The molecule has 3 unspecified atom stereocenters. The minimum atomic E-state index is -0.811. The van der Waals surface area contributed by atoms with Gasteiger partial charge in [0.2, 0.25) is 0 Å². The molecule has 0 bridgehead atoms. The van der Waals surface area contributed by atoms with Crippen LogP contribution in [0.2, 0.25) is 0 Å². The van der Waals surface area contributed by atoms with Gasteiger partial charge in [-0.25, -0.2) is 4.68 Å². The van der Waals surface area contributed by atoms with Crippen LogP contribution in [0.15, 0.2) is 60.5 Å². The van der Waals surface area contributed by atoms with E-state index in [0.29, 0.717) is 12.0 Å². The third kappa shape index (κ3) is 3.14. The molecule has 0 radical (unpaired) electrons. The van der Waals surface area contributed by atoms with Gasteiger partial charge < -0.3 is 10.4 Å². The molecule has 2 aromatic rings. The maximum absolute atomic E-state index is 11.3. The van der Waals surface area contributed by atoms with Gasteiger partial charge in [0.15, 0.2) is 0 Å². The van der Waals surface area contributed by atoms with Crippen molar-refractivity contribution in [2.24, 2.45) is 11.3 Å². The van der Waals surface area contributed by atoms with Crippen LogP contribution in [0.25, 0.3) is 11.8 Å². The Labute approximate surface area is 179 Å². The third-order valence-electron chi connectivity index (χ3n) is 7.49. The minimum absolute atomic E-state index is 0.0865. The second kappa shape index (κ2) is 6.98. The summed E-state index contributed by atoms with van der Waals surface area (Å²) >= 11 is 0. The lowest BCUT2D eigenvalue weighted by Crippen LogP contribution is -2.34. The van der Waals surface area contributed by atoms with Gasteiger partial charge in [-0.3, -0.25) is 0 Å². The highest BCUT2D eigenvalue weighted by molar-refractivity contribution is 5.67. The zero-order chi connectivity index (χ0) is 20.9. The van der Waals surface area contributed by atoms with Crippen LogP contribution in [-0.2, 0) is 12.0 Å². The predicted octanol–water partition coefficient (Wildman–Crippen LogP) is 4.88. The van der Waals surface area contributed by atoms with E-state index in [1.165, 1.54) is 16.8 Å². The fourth-order valence-corrected chi connectivity index (χ4v) is 5.56. The van der Waals surface area contributed by atoms with Gasteiger partial charge in [0.25, 0.3) is 0 Å². The first-order valence-corrected chi connectivity index (χ1v) is 11.1. The fraction of sp³-hybridized carbons (Fsp3) is 0.423. The van der Waals surface area contributed by atoms with Crippen molar-refractivity contribution in [3.05, 3.63) is 77.3 Å². The molecular weight excluding hydrogens is 370 g/mol. The van der Waals surface area contributed by atoms with E-state index in [-0.39, 0.29) is 5.41 Å².